The molecule has 0 aliphatic carbocycles. The lowest BCUT2D eigenvalue weighted by atomic mass is 10.3. The first-order chi connectivity index (χ1) is 11.9. The maximum atomic E-state index is 12.0. The quantitative estimate of drug-likeness (QED) is 0.473. The number of hydrogen-bond acceptors (Lipinski definition) is 6. The highest BCUT2D eigenvalue weighted by Crippen LogP contribution is 2.24. The molecule has 3 aromatic rings. The number of nitrogens with one attached hydrogen (secondary N) is 3. The molecule has 10 nitrogen and oxygen atoms in total. The van der Waals surface area contributed by atoms with Crippen LogP contribution in [0.5, 0.6) is 5.75 Å². The first-order valence-corrected chi connectivity index (χ1v) is 7.19. The number of imidazole rings is 1. The molecule has 128 valence electrons. The summed E-state index contributed by atoms with van der Waals surface area (Å²) in [6.07, 6.45) is 0. The molecule has 25 heavy (non-hydrogen) atoms. The Hall–Kier alpha value is -3.69. The molecule has 2 heterocycles. The van der Waals surface area contributed by atoms with Crippen LogP contribution < -0.4 is 15.7 Å². The minimum atomic E-state index is -0.670. The van der Waals surface area contributed by atoms with Crippen LogP contribution in [0.25, 0.3) is 11.0 Å². The third-order valence-corrected chi connectivity index (χ3v) is 3.31. The Labute approximate surface area is 140 Å². The van der Waals surface area contributed by atoms with Crippen LogP contribution in [0.2, 0.25) is 0 Å². The fraction of sp³-hybridized carbons (Fsp3) is 0.133. The van der Waals surface area contributed by atoms with Crippen molar-refractivity contribution in [3.05, 3.63) is 56.6 Å². The van der Waals surface area contributed by atoms with Gasteiger partial charge in [0, 0.05) is 12.6 Å². The predicted molar refractivity (Wildman–Crippen MR) is 88.7 cm³/mol. The Bertz CT molecular complexity index is 1020. The average molecular weight is 343 g/mol. The van der Waals surface area contributed by atoms with Crippen molar-refractivity contribution < 1.29 is 14.5 Å². The number of hydrogen-bond donors (Lipinski definition) is 3. The van der Waals surface area contributed by atoms with E-state index in [1.165, 1.54) is 6.07 Å². The summed E-state index contributed by atoms with van der Waals surface area (Å²) in [6.45, 7) is 1.19. The lowest BCUT2D eigenvalue weighted by Crippen LogP contribution is -2.20. The molecular formula is C15H13N5O5. The maximum Gasteiger partial charge on any atom is 0.406 e. The summed E-state index contributed by atoms with van der Waals surface area (Å²) in [4.78, 5) is 42.4. The Morgan fingerprint density at radius 3 is 2.80 bits per heavy atom. The van der Waals surface area contributed by atoms with Crippen molar-refractivity contribution in [2.24, 2.45) is 0 Å². The molecule has 1 amide bonds. The number of anilines is 1. The van der Waals surface area contributed by atoms with Gasteiger partial charge in [-0.3, -0.25) is 4.79 Å². The van der Waals surface area contributed by atoms with E-state index in [9.17, 15) is 19.7 Å². The van der Waals surface area contributed by atoms with Gasteiger partial charge >= 0.3 is 11.5 Å². The van der Waals surface area contributed by atoms with Gasteiger partial charge in [-0.15, -0.1) is 0 Å². The zero-order chi connectivity index (χ0) is 18.0. The summed E-state index contributed by atoms with van der Waals surface area (Å²) in [5.41, 5.74) is 1.73. The second-order valence-corrected chi connectivity index (χ2v) is 5.21. The number of aryl methyl sites for hydroxylation is 1. The number of amides is 1. The summed E-state index contributed by atoms with van der Waals surface area (Å²) in [5, 5.41) is 13.6. The lowest BCUT2D eigenvalue weighted by molar-refractivity contribution is -0.390. The molecule has 0 spiro atoms. The van der Waals surface area contributed by atoms with Crippen LogP contribution in [0.15, 0.2) is 35.1 Å². The van der Waals surface area contributed by atoms with Crippen molar-refractivity contribution in [2.75, 3.05) is 11.9 Å². The van der Waals surface area contributed by atoms with Crippen LogP contribution in [0.4, 0.5) is 11.5 Å². The second kappa shape index (κ2) is 6.43. The first kappa shape index (κ1) is 16.2. The molecule has 10 heteroatoms. The fourth-order valence-electron chi connectivity index (χ4n) is 2.22. The van der Waals surface area contributed by atoms with Gasteiger partial charge in [-0.2, -0.15) is 0 Å². The van der Waals surface area contributed by atoms with Gasteiger partial charge in [0.15, 0.2) is 6.61 Å². The van der Waals surface area contributed by atoms with Gasteiger partial charge in [-0.1, -0.05) is 0 Å². The van der Waals surface area contributed by atoms with Crippen molar-refractivity contribution in [1.82, 2.24) is 15.0 Å². The molecule has 0 radical (unpaired) electrons. The van der Waals surface area contributed by atoms with Gasteiger partial charge in [0.1, 0.15) is 5.69 Å². The third-order valence-electron chi connectivity index (χ3n) is 3.31. The molecule has 1 aromatic carbocycles. The topological polar surface area (TPSA) is 143 Å². The Morgan fingerprint density at radius 1 is 1.28 bits per heavy atom. The van der Waals surface area contributed by atoms with Crippen LogP contribution in [0.3, 0.4) is 0 Å². The molecule has 0 atom stereocenters. The second-order valence-electron chi connectivity index (χ2n) is 5.21. The molecule has 0 bridgehead atoms. The number of benzene rings is 1. The number of ether oxygens (including phenoxy) is 1. The SMILES string of the molecule is Cc1ccc(OCC(=O)Nc2ccc3[nH]c(=O)[nH]c3c2)c([N+](=O)[O-])n1. The number of rotatable bonds is 5. The van der Waals surface area contributed by atoms with E-state index < -0.39 is 23.3 Å². The van der Waals surface area contributed by atoms with Crippen LogP contribution in [0.1, 0.15) is 5.69 Å². The van der Waals surface area contributed by atoms with Crippen molar-refractivity contribution in [3.63, 3.8) is 0 Å². The van der Waals surface area contributed by atoms with Crippen molar-refractivity contribution in [2.45, 2.75) is 6.92 Å². The monoisotopic (exact) mass is 343 g/mol. The number of aromatic nitrogens is 3. The number of pyridine rings is 1. The van der Waals surface area contributed by atoms with Crippen LogP contribution in [-0.4, -0.2) is 32.4 Å². The number of H-pyrrole nitrogens is 2. The molecule has 0 aliphatic heterocycles. The predicted octanol–water partition coefficient (Wildman–Crippen LogP) is 1.49. The summed E-state index contributed by atoms with van der Waals surface area (Å²) >= 11 is 0. The maximum absolute atomic E-state index is 12.0. The number of carbonyl (C=O) groups excluding carboxylic acids is 1. The zero-order valence-corrected chi connectivity index (χ0v) is 13.0. The first-order valence-electron chi connectivity index (χ1n) is 7.19. The van der Waals surface area contributed by atoms with E-state index in [4.69, 9.17) is 4.74 Å². The third kappa shape index (κ3) is 3.63. The number of carbonyl (C=O) groups is 1. The van der Waals surface area contributed by atoms with Gasteiger partial charge in [0.25, 0.3) is 5.91 Å². The van der Waals surface area contributed by atoms with Gasteiger partial charge < -0.3 is 30.1 Å². The van der Waals surface area contributed by atoms with Crippen molar-refractivity contribution >= 4 is 28.4 Å². The smallest absolute Gasteiger partial charge is 0.406 e. The Morgan fingerprint density at radius 2 is 2.04 bits per heavy atom. The standard InChI is InChI=1S/C15H13N5O5/c1-8-2-5-12(14(16-8)20(23)24)25-7-13(21)17-9-3-4-10-11(6-9)19-15(22)18-10/h2-6H,7H2,1H3,(H,17,21)(H2,18,19,22). The molecular weight excluding hydrogens is 330 g/mol. The normalized spacial score (nSPS) is 10.6. The van der Waals surface area contributed by atoms with Crippen LogP contribution >= 0.6 is 0 Å². The number of nitro groups is 1. The molecule has 3 N–H and O–H groups in total. The summed E-state index contributed by atoms with van der Waals surface area (Å²) in [7, 11) is 0. The van der Waals surface area contributed by atoms with E-state index in [1.54, 1.807) is 31.2 Å². The molecule has 0 unspecified atom stereocenters. The highest BCUT2D eigenvalue weighted by molar-refractivity contribution is 5.93. The fourth-order valence-corrected chi connectivity index (χ4v) is 2.22. The zero-order valence-electron chi connectivity index (χ0n) is 13.0. The number of aromatic amines is 2. The average Bonchev–Trinajstić information content (AvgIpc) is 2.92. The van der Waals surface area contributed by atoms with Gasteiger partial charge in [-0.05, 0) is 40.2 Å². The number of nitrogens with zero attached hydrogens (tertiary/aromatic N) is 2. The van der Waals surface area contributed by atoms with E-state index in [0.29, 0.717) is 22.4 Å². The van der Waals surface area contributed by atoms with E-state index in [0.717, 1.165) is 0 Å². The summed E-state index contributed by atoms with van der Waals surface area (Å²) in [6, 6.07) is 7.78. The molecule has 0 fully saturated rings. The Kier molecular flexibility index (Phi) is 4.16. The highest BCUT2D eigenvalue weighted by atomic mass is 16.6. The van der Waals surface area contributed by atoms with E-state index in [2.05, 4.69) is 20.3 Å². The minimum Gasteiger partial charge on any atom is -0.476 e. The summed E-state index contributed by atoms with van der Waals surface area (Å²) in [5.74, 6) is -1.04. The van der Waals surface area contributed by atoms with Crippen LogP contribution in [0, 0.1) is 17.0 Å². The van der Waals surface area contributed by atoms with Crippen LogP contribution in [-0.2, 0) is 4.79 Å². The van der Waals surface area contributed by atoms with Crippen molar-refractivity contribution in [3.8, 4) is 5.75 Å². The van der Waals surface area contributed by atoms with Gasteiger partial charge in [0.2, 0.25) is 5.75 Å². The van der Waals surface area contributed by atoms with E-state index in [1.807, 2.05) is 0 Å². The molecule has 0 saturated heterocycles. The van der Waals surface area contributed by atoms with Gasteiger partial charge in [-0.25, -0.2) is 4.79 Å². The van der Waals surface area contributed by atoms with E-state index >= 15 is 0 Å². The van der Waals surface area contributed by atoms with E-state index in [-0.39, 0.29) is 11.4 Å². The minimum absolute atomic E-state index is 0.0869. The highest BCUT2D eigenvalue weighted by Gasteiger charge is 2.18. The Balaban J connectivity index is 1.68. The molecule has 2 aromatic heterocycles. The number of fused-ring (bicyclic) bond motifs is 1. The largest absolute Gasteiger partial charge is 0.476 e. The molecule has 0 saturated carbocycles. The molecule has 3 rings (SSSR count). The van der Waals surface area contributed by atoms with Gasteiger partial charge in [0.05, 0.1) is 11.0 Å². The summed E-state index contributed by atoms with van der Waals surface area (Å²) < 4.78 is 5.20. The lowest BCUT2D eigenvalue weighted by Gasteiger charge is -2.08. The van der Waals surface area contributed by atoms with Crippen molar-refractivity contribution in [1.29, 1.82) is 0 Å². The molecule has 0 aliphatic rings.